The number of aryl methyl sites for hydroxylation is 2. The second kappa shape index (κ2) is 8.76. The smallest absolute Gasteiger partial charge is 0.145 e. The largest absolute Gasteiger partial charge is 0.489 e. The summed E-state index contributed by atoms with van der Waals surface area (Å²) >= 11 is 12.1. The van der Waals surface area contributed by atoms with Gasteiger partial charge in [0.05, 0.1) is 23.1 Å². The van der Waals surface area contributed by atoms with Gasteiger partial charge >= 0.3 is 0 Å². The zero-order valence-electron chi connectivity index (χ0n) is 19.0. The number of hydrogen-bond donors (Lipinski definition) is 2. The van der Waals surface area contributed by atoms with Gasteiger partial charge in [0.2, 0.25) is 0 Å². The molecule has 2 aliphatic rings. The van der Waals surface area contributed by atoms with Crippen LogP contribution in [-0.4, -0.2) is 42.5 Å². The summed E-state index contributed by atoms with van der Waals surface area (Å²) in [5.74, 6) is 1.76. The minimum Gasteiger partial charge on any atom is -0.489 e. The van der Waals surface area contributed by atoms with Crippen molar-refractivity contribution in [2.45, 2.75) is 25.9 Å². The van der Waals surface area contributed by atoms with Crippen LogP contribution in [0.4, 0.5) is 0 Å². The third kappa shape index (κ3) is 3.85. The van der Waals surface area contributed by atoms with Crippen LogP contribution < -0.4 is 20.5 Å². The Morgan fingerprint density at radius 1 is 0.848 bits per heavy atom. The minimum atomic E-state index is 0.228. The number of benzene rings is 2. The maximum Gasteiger partial charge on any atom is 0.145 e. The first-order chi connectivity index (χ1) is 15.9. The quantitative estimate of drug-likeness (QED) is 0.414. The van der Waals surface area contributed by atoms with Gasteiger partial charge in [-0.15, -0.1) is 0 Å². The van der Waals surface area contributed by atoms with Crippen molar-refractivity contribution in [2.24, 2.45) is 5.73 Å². The lowest BCUT2D eigenvalue weighted by atomic mass is 10.2. The van der Waals surface area contributed by atoms with Crippen LogP contribution in [0.15, 0.2) is 36.4 Å². The highest BCUT2D eigenvalue weighted by Crippen LogP contribution is 2.38. The highest BCUT2D eigenvalue weighted by molar-refractivity contribution is 6.32. The lowest BCUT2D eigenvalue weighted by Crippen LogP contribution is -2.30. The van der Waals surface area contributed by atoms with E-state index in [0.717, 1.165) is 39.4 Å². The number of likely N-dealkylation sites (N-methyl/N-ethyl adjacent to an activating group) is 1. The van der Waals surface area contributed by atoms with E-state index in [0.29, 0.717) is 30.8 Å². The molecule has 0 saturated carbocycles. The Kier molecular flexibility index (Phi) is 5.95. The molecule has 2 unspecified atom stereocenters. The van der Waals surface area contributed by atoms with Crippen molar-refractivity contribution in [3.63, 3.8) is 0 Å². The summed E-state index contributed by atoms with van der Waals surface area (Å²) in [4.78, 5) is 0. The van der Waals surface area contributed by atoms with Crippen molar-refractivity contribution >= 4 is 45.0 Å². The van der Waals surface area contributed by atoms with E-state index in [1.165, 1.54) is 16.9 Å². The molecule has 2 aromatic heterocycles. The molecule has 0 amide bonds. The number of nitrogens with zero attached hydrogens (tertiary/aromatic N) is 2. The molecule has 0 bridgehead atoms. The van der Waals surface area contributed by atoms with Crippen LogP contribution in [0, 0.1) is 13.8 Å². The van der Waals surface area contributed by atoms with Crippen molar-refractivity contribution in [1.29, 1.82) is 0 Å². The van der Waals surface area contributed by atoms with Crippen LogP contribution in [0.3, 0.4) is 0 Å². The molecule has 4 heterocycles. The van der Waals surface area contributed by atoms with E-state index in [4.69, 9.17) is 38.4 Å². The molecule has 2 aromatic carbocycles. The highest BCUT2D eigenvalue weighted by atomic mass is 35.5. The molecule has 2 aliphatic heterocycles. The van der Waals surface area contributed by atoms with E-state index >= 15 is 0 Å². The van der Waals surface area contributed by atoms with Crippen LogP contribution in [0.5, 0.6) is 11.5 Å². The molecule has 6 rings (SSSR count). The molecule has 0 saturated heterocycles. The Morgan fingerprint density at radius 2 is 1.33 bits per heavy atom. The standard InChI is InChI=1S/C13H15ClN2O.C12H13ClN2O/c1-8-3-9-4-10(14)5-12-13(9)16(8)11(6-15-2)7-17-12;1-7-2-8-3-9(13)4-11-12(8)15(7)10(5-14)6-16-11/h3-5,11,15H,6-7H2,1-2H3;2-4,10H,5-6,14H2,1H3. The van der Waals surface area contributed by atoms with Crippen molar-refractivity contribution in [2.75, 3.05) is 33.4 Å². The van der Waals surface area contributed by atoms with E-state index in [1.807, 2.05) is 31.3 Å². The number of ether oxygens (including phenoxy) is 2. The molecule has 0 aliphatic carbocycles. The fourth-order valence-corrected chi connectivity index (χ4v) is 5.54. The van der Waals surface area contributed by atoms with Gasteiger partial charge in [0, 0.05) is 57.4 Å². The second-order valence-electron chi connectivity index (χ2n) is 8.72. The molecule has 6 nitrogen and oxygen atoms in total. The van der Waals surface area contributed by atoms with Crippen molar-refractivity contribution in [1.82, 2.24) is 14.5 Å². The summed E-state index contributed by atoms with van der Waals surface area (Å²) in [6, 6.07) is 12.6. The summed E-state index contributed by atoms with van der Waals surface area (Å²) in [6.07, 6.45) is 0. The Morgan fingerprint density at radius 3 is 1.82 bits per heavy atom. The zero-order valence-corrected chi connectivity index (χ0v) is 20.5. The van der Waals surface area contributed by atoms with Gasteiger partial charge < -0.3 is 29.7 Å². The van der Waals surface area contributed by atoms with Crippen LogP contribution in [0.25, 0.3) is 21.8 Å². The van der Waals surface area contributed by atoms with Crippen molar-refractivity contribution < 1.29 is 9.47 Å². The highest BCUT2D eigenvalue weighted by Gasteiger charge is 2.25. The van der Waals surface area contributed by atoms with Crippen LogP contribution in [-0.2, 0) is 0 Å². The minimum absolute atomic E-state index is 0.228. The van der Waals surface area contributed by atoms with E-state index in [1.54, 1.807) is 0 Å². The molecule has 0 radical (unpaired) electrons. The van der Waals surface area contributed by atoms with Gasteiger partial charge in [-0.3, -0.25) is 0 Å². The lowest BCUT2D eigenvalue weighted by Gasteiger charge is -2.27. The number of halogens is 2. The molecular formula is C25H28Cl2N4O2. The van der Waals surface area contributed by atoms with E-state index < -0.39 is 0 Å². The fraction of sp³-hybridized carbons (Fsp3) is 0.360. The summed E-state index contributed by atoms with van der Waals surface area (Å²) in [7, 11) is 1.97. The first-order valence-corrected chi connectivity index (χ1v) is 11.9. The van der Waals surface area contributed by atoms with Gasteiger partial charge in [0.15, 0.2) is 0 Å². The monoisotopic (exact) mass is 486 g/mol. The molecule has 0 fully saturated rings. The van der Waals surface area contributed by atoms with E-state index in [2.05, 4.69) is 40.4 Å². The van der Waals surface area contributed by atoms with Crippen molar-refractivity contribution in [3.8, 4) is 11.5 Å². The van der Waals surface area contributed by atoms with E-state index in [9.17, 15) is 0 Å². The molecule has 33 heavy (non-hydrogen) atoms. The first-order valence-electron chi connectivity index (χ1n) is 11.1. The average molecular weight is 487 g/mol. The number of hydrogen-bond acceptors (Lipinski definition) is 4. The Balaban J connectivity index is 0.000000139. The predicted octanol–water partition coefficient (Wildman–Crippen LogP) is 5.25. The van der Waals surface area contributed by atoms with Gasteiger partial charge in [0.1, 0.15) is 24.7 Å². The molecule has 2 atom stereocenters. The lowest BCUT2D eigenvalue weighted by molar-refractivity contribution is 0.233. The summed E-state index contributed by atoms with van der Waals surface area (Å²) in [5.41, 5.74) is 10.5. The van der Waals surface area contributed by atoms with Gasteiger partial charge in [0.25, 0.3) is 0 Å². The topological polar surface area (TPSA) is 66.4 Å². The van der Waals surface area contributed by atoms with Crippen LogP contribution in [0.1, 0.15) is 23.5 Å². The number of rotatable bonds is 3. The fourth-order valence-electron chi connectivity index (χ4n) is 5.11. The molecule has 8 heteroatoms. The summed E-state index contributed by atoms with van der Waals surface area (Å²) < 4.78 is 16.1. The van der Waals surface area contributed by atoms with Gasteiger partial charge in [-0.25, -0.2) is 0 Å². The molecule has 4 aromatic rings. The Labute approximate surface area is 203 Å². The first kappa shape index (κ1) is 22.4. The van der Waals surface area contributed by atoms with Crippen molar-refractivity contribution in [3.05, 3.63) is 57.8 Å². The third-order valence-electron chi connectivity index (χ3n) is 6.41. The van der Waals surface area contributed by atoms with Crippen LogP contribution >= 0.6 is 23.2 Å². The number of nitrogens with two attached hydrogens (primary N) is 1. The third-order valence-corrected chi connectivity index (χ3v) is 6.85. The summed E-state index contributed by atoms with van der Waals surface area (Å²) in [6.45, 7) is 7.03. The predicted molar refractivity (Wildman–Crippen MR) is 135 cm³/mol. The Hall–Kier alpha value is -2.38. The van der Waals surface area contributed by atoms with E-state index in [-0.39, 0.29) is 6.04 Å². The van der Waals surface area contributed by atoms with Crippen LogP contribution in [0.2, 0.25) is 10.0 Å². The molecule has 0 spiro atoms. The normalized spacial score (nSPS) is 18.6. The van der Waals surface area contributed by atoms with Gasteiger partial charge in [-0.05, 0) is 45.2 Å². The molecule has 174 valence electrons. The Bertz CT molecular complexity index is 1340. The zero-order chi connectivity index (χ0) is 23.3. The molecule has 3 N–H and O–H groups in total. The second-order valence-corrected chi connectivity index (χ2v) is 9.59. The average Bonchev–Trinajstić information content (AvgIpc) is 3.29. The SMILES string of the molecule is CNCC1COc2cc(Cl)cc3cc(C)n1c23.Cc1cc2cc(Cl)cc3c2n1C(CN)CO3. The maximum absolute atomic E-state index is 6.08. The molecular weight excluding hydrogens is 459 g/mol. The number of aromatic nitrogens is 2. The summed E-state index contributed by atoms with van der Waals surface area (Å²) in [5, 5.41) is 6.94. The van der Waals surface area contributed by atoms with Gasteiger partial charge in [-0.2, -0.15) is 0 Å². The number of nitrogens with one attached hydrogen (secondary N) is 1. The maximum atomic E-state index is 6.08. The van der Waals surface area contributed by atoms with Gasteiger partial charge in [-0.1, -0.05) is 23.2 Å².